The molecule has 1 aromatic carbocycles. The molecule has 146 valence electrons. The molecule has 0 saturated carbocycles. The number of carbonyl (C=O) groups is 2. The van der Waals surface area contributed by atoms with E-state index in [2.05, 4.69) is 20.8 Å². The summed E-state index contributed by atoms with van der Waals surface area (Å²) in [6, 6.07) is 12.3. The zero-order valence-corrected chi connectivity index (χ0v) is 16.3. The molecule has 28 heavy (non-hydrogen) atoms. The molecule has 0 aliphatic rings. The maximum atomic E-state index is 12.8. The lowest BCUT2D eigenvalue weighted by molar-refractivity contribution is -0.123. The molecular formula is C21H25N5O2. The first-order valence-electron chi connectivity index (χ1n) is 9.38. The van der Waals surface area contributed by atoms with E-state index in [9.17, 15) is 9.59 Å². The van der Waals surface area contributed by atoms with Gasteiger partial charge in [-0.15, -0.1) is 10.2 Å². The van der Waals surface area contributed by atoms with Crippen molar-refractivity contribution < 1.29 is 9.59 Å². The topological polar surface area (TPSA) is 88.4 Å². The van der Waals surface area contributed by atoms with Crippen LogP contribution < -0.4 is 10.6 Å². The van der Waals surface area contributed by atoms with Crippen LogP contribution in [0.3, 0.4) is 0 Å². The molecule has 0 aliphatic carbocycles. The molecule has 0 spiro atoms. The third-order valence-electron chi connectivity index (χ3n) is 4.52. The number of hydrogen-bond donors (Lipinski definition) is 2. The largest absolute Gasteiger partial charge is 0.347 e. The Labute approximate surface area is 164 Å². The molecule has 0 radical (unpaired) electrons. The SMILES string of the molecule is Cc1ccccc1C(=O)NC(CC(C)C)C(=O)NCc1nnc2ccccn12. The fourth-order valence-corrected chi connectivity index (χ4v) is 3.07. The fraction of sp³-hybridized carbons (Fsp3) is 0.333. The molecule has 2 amide bonds. The van der Waals surface area contributed by atoms with Crippen LogP contribution in [0.2, 0.25) is 0 Å². The smallest absolute Gasteiger partial charge is 0.252 e. The van der Waals surface area contributed by atoms with Crippen LogP contribution in [0.25, 0.3) is 5.65 Å². The van der Waals surface area contributed by atoms with E-state index >= 15 is 0 Å². The minimum Gasteiger partial charge on any atom is -0.347 e. The van der Waals surface area contributed by atoms with Crippen LogP contribution in [-0.4, -0.2) is 32.5 Å². The third-order valence-corrected chi connectivity index (χ3v) is 4.52. The van der Waals surface area contributed by atoms with Gasteiger partial charge in [0.25, 0.3) is 5.91 Å². The standard InChI is InChI=1S/C21H25N5O2/c1-14(2)12-17(23-20(27)16-9-5-4-8-15(16)3)21(28)22-13-19-25-24-18-10-6-7-11-26(18)19/h4-11,14,17H,12-13H2,1-3H3,(H,22,28)(H,23,27). The normalized spacial score (nSPS) is 12.1. The van der Waals surface area contributed by atoms with Gasteiger partial charge in [0.2, 0.25) is 5.91 Å². The average molecular weight is 379 g/mol. The van der Waals surface area contributed by atoms with Crippen molar-refractivity contribution in [2.75, 3.05) is 0 Å². The maximum Gasteiger partial charge on any atom is 0.252 e. The first kappa shape index (κ1) is 19.5. The van der Waals surface area contributed by atoms with E-state index in [-0.39, 0.29) is 24.3 Å². The number of pyridine rings is 1. The minimum atomic E-state index is -0.619. The van der Waals surface area contributed by atoms with E-state index < -0.39 is 6.04 Å². The van der Waals surface area contributed by atoms with Gasteiger partial charge < -0.3 is 10.6 Å². The lowest BCUT2D eigenvalue weighted by Gasteiger charge is -2.20. The fourth-order valence-electron chi connectivity index (χ4n) is 3.07. The first-order chi connectivity index (χ1) is 13.5. The second-order valence-corrected chi connectivity index (χ2v) is 7.23. The number of carbonyl (C=O) groups excluding carboxylic acids is 2. The third kappa shape index (κ3) is 4.54. The molecule has 3 aromatic rings. The minimum absolute atomic E-state index is 0.233. The van der Waals surface area contributed by atoms with E-state index in [0.717, 1.165) is 11.2 Å². The summed E-state index contributed by atoms with van der Waals surface area (Å²) in [5, 5.41) is 14.0. The Balaban J connectivity index is 1.69. The van der Waals surface area contributed by atoms with E-state index in [1.165, 1.54) is 0 Å². The van der Waals surface area contributed by atoms with Gasteiger partial charge in [0, 0.05) is 11.8 Å². The molecule has 2 N–H and O–H groups in total. The van der Waals surface area contributed by atoms with Crippen molar-refractivity contribution >= 4 is 17.5 Å². The molecule has 2 aromatic heterocycles. The Kier molecular flexibility index (Phi) is 6.03. The maximum absolute atomic E-state index is 12.8. The number of fused-ring (bicyclic) bond motifs is 1. The van der Waals surface area contributed by atoms with Crippen LogP contribution in [0.4, 0.5) is 0 Å². The van der Waals surface area contributed by atoms with Gasteiger partial charge in [0.1, 0.15) is 6.04 Å². The van der Waals surface area contributed by atoms with E-state index in [1.807, 2.05) is 67.8 Å². The molecule has 3 rings (SSSR count). The highest BCUT2D eigenvalue weighted by molar-refractivity contribution is 5.98. The molecule has 2 heterocycles. The Morgan fingerprint density at radius 1 is 1.07 bits per heavy atom. The number of rotatable bonds is 7. The van der Waals surface area contributed by atoms with Gasteiger partial charge in [0.15, 0.2) is 11.5 Å². The van der Waals surface area contributed by atoms with E-state index in [4.69, 9.17) is 0 Å². The zero-order valence-electron chi connectivity index (χ0n) is 16.3. The van der Waals surface area contributed by atoms with Crippen molar-refractivity contribution in [2.24, 2.45) is 5.92 Å². The van der Waals surface area contributed by atoms with Crippen LogP contribution in [-0.2, 0) is 11.3 Å². The molecule has 0 aliphatic heterocycles. The summed E-state index contributed by atoms with van der Waals surface area (Å²) in [6.45, 7) is 6.15. The number of nitrogens with one attached hydrogen (secondary N) is 2. The number of aromatic nitrogens is 3. The highest BCUT2D eigenvalue weighted by Gasteiger charge is 2.23. The quantitative estimate of drug-likeness (QED) is 0.660. The van der Waals surface area contributed by atoms with Crippen molar-refractivity contribution in [3.8, 4) is 0 Å². The predicted molar refractivity (Wildman–Crippen MR) is 107 cm³/mol. The van der Waals surface area contributed by atoms with Gasteiger partial charge in [-0.1, -0.05) is 38.1 Å². The predicted octanol–water partition coefficient (Wildman–Crippen LogP) is 2.50. The Morgan fingerprint density at radius 2 is 1.82 bits per heavy atom. The number of amides is 2. The van der Waals surface area contributed by atoms with Crippen LogP contribution in [0, 0.1) is 12.8 Å². The number of benzene rings is 1. The van der Waals surface area contributed by atoms with Gasteiger partial charge in [-0.3, -0.25) is 14.0 Å². The van der Waals surface area contributed by atoms with Crippen molar-refractivity contribution in [2.45, 2.75) is 39.8 Å². The number of hydrogen-bond acceptors (Lipinski definition) is 4. The van der Waals surface area contributed by atoms with Gasteiger partial charge in [-0.25, -0.2) is 0 Å². The monoisotopic (exact) mass is 379 g/mol. The van der Waals surface area contributed by atoms with Crippen LogP contribution in [0.5, 0.6) is 0 Å². The van der Waals surface area contributed by atoms with Crippen LogP contribution in [0.15, 0.2) is 48.7 Å². The molecule has 7 heteroatoms. The lowest BCUT2D eigenvalue weighted by Crippen LogP contribution is -2.47. The Morgan fingerprint density at radius 3 is 2.57 bits per heavy atom. The summed E-state index contributed by atoms with van der Waals surface area (Å²) < 4.78 is 1.82. The van der Waals surface area contributed by atoms with Gasteiger partial charge in [-0.05, 0) is 43.0 Å². The Hall–Kier alpha value is -3.22. The van der Waals surface area contributed by atoms with E-state index in [0.29, 0.717) is 17.8 Å². The average Bonchev–Trinajstić information content (AvgIpc) is 3.08. The van der Waals surface area contributed by atoms with Crippen molar-refractivity contribution in [3.05, 3.63) is 65.6 Å². The van der Waals surface area contributed by atoms with Crippen molar-refractivity contribution in [1.82, 2.24) is 25.2 Å². The van der Waals surface area contributed by atoms with Gasteiger partial charge >= 0.3 is 0 Å². The first-order valence-corrected chi connectivity index (χ1v) is 9.38. The number of aryl methyl sites for hydroxylation is 1. The van der Waals surface area contributed by atoms with Crippen molar-refractivity contribution in [3.63, 3.8) is 0 Å². The second kappa shape index (κ2) is 8.65. The van der Waals surface area contributed by atoms with E-state index in [1.54, 1.807) is 6.07 Å². The van der Waals surface area contributed by atoms with Crippen LogP contribution >= 0.6 is 0 Å². The molecule has 7 nitrogen and oxygen atoms in total. The summed E-state index contributed by atoms with van der Waals surface area (Å²) in [7, 11) is 0. The second-order valence-electron chi connectivity index (χ2n) is 7.23. The summed E-state index contributed by atoms with van der Waals surface area (Å²) in [5.41, 5.74) is 2.17. The number of nitrogens with zero attached hydrogens (tertiary/aromatic N) is 3. The van der Waals surface area contributed by atoms with Gasteiger partial charge in [0.05, 0.1) is 6.54 Å². The molecule has 0 bridgehead atoms. The summed E-state index contributed by atoms with van der Waals surface area (Å²) >= 11 is 0. The molecule has 1 unspecified atom stereocenters. The molecule has 0 saturated heterocycles. The van der Waals surface area contributed by atoms with Crippen LogP contribution in [0.1, 0.15) is 42.0 Å². The van der Waals surface area contributed by atoms with Gasteiger partial charge in [-0.2, -0.15) is 0 Å². The highest BCUT2D eigenvalue weighted by atomic mass is 16.2. The molecular weight excluding hydrogens is 354 g/mol. The molecule has 0 fully saturated rings. The Bertz CT molecular complexity index is 980. The summed E-state index contributed by atoms with van der Waals surface area (Å²) in [6.07, 6.45) is 2.40. The van der Waals surface area contributed by atoms with Crippen molar-refractivity contribution in [1.29, 1.82) is 0 Å². The lowest BCUT2D eigenvalue weighted by atomic mass is 10.0. The molecule has 1 atom stereocenters. The summed E-state index contributed by atoms with van der Waals surface area (Å²) in [4.78, 5) is 25.4. The summed E-state index contributed by atoms with van der Waals surface area (Å²) in [5.74, 6) is 0.412. The highest BCUT2D eigenvalue weighted by Crippen LogP contribution is 2.10. The zero-order chi connectivity index (χ0) is 20.1.